The zero-order valence-electron chi connectivity index (χ0n) is 16.9. The molecule has 4 rings (SSSR count). The molecule has 10 atom stereocenters. The predicted octanol–water partition coefficient (Wildman–Crippen LogP) is 2.87. The molecule has 1 amide bonds. The van der Waals surface area contributed by atoms with Crippen LogP contribution in [0.2, 0.25) is 0 Å². The van der Waals surface area contributed by atoms with Crippen molar-refractivity contribution >= 4 is 5.91 Å². The molecule has 2 aliphatic heterocycles. The quantitative estimate of drug-likeness (QED) is 0.755. The van der Waals surface area contributed by atoms with E-state index in [4.69, 9.17) is 14.2 Å². The Kier molecular flexibility index (Phi) is 5.08. The fourth-order valence-corrected chi connectivity index (χ4v) is 6.87. The van der Waals surface area contributed by atoms with E-state index in [1.54, 1.807) is 21.1 Å². The zero-order chi connectivity index (χ0) is 18.6. The maximum absolute atomic E-state index is 12.7. The van der Waals surface area contributed by atoms with Gasteiger partial charge in [-0.25, -0.2) is 0 Å². The third-order valence-electron chi connectivity index (χ3n) is 7.95. The molecule has 2 heterocycles. The molecule has 10 unspecified atom stereocenters. The van der Waals surface area contributed by atoms with Gasteiger partial charge in [-0.1, -0.05) is 6.92 Å². The number of amides is 1. The molecule has 2 aliphatic carbocycles. The van der Waals surface area contributed by atoms with Gasteiger partial charge in [0.15, 0.2) is 0 Å². The van der Waals surface area contributed by atoms with Gasteiger partial charge in [0.2, 0.25) is 5.91 Å². The van der Waals surface area contributed by atoms with Crippen molar-refractivity contribution in [3.63, 3.8) is 0 Å². The summed E-state index contributed by atoms with van der Waals surface area (Å²) in [5.41, 5.74) is 0. The number of carbonyl (C=O) groups is 1. The lowest BCUT2D eigenvalue weighted by atomic mass is 9.71. The normalized spacial score (nSPS) is 50.7. The van der Waals surface area contributed by atoms with Crippen molar-refractivity contribution in [3.05, 3.63) is 0 Å². The van der Waals surface area contributed by atoms with E-state index in [0.29, 0.717) is 41.9 Å². The van der Waals surface area contributed by atoms with Gasteiger partial charge in [0, 0.05) is 39.1 Å². The molecule has 26 heavy (non-hydrogen) atoms. The number of hydrogen-bond acceptors (Lipinski definition) is 4. The minimum atomic E-state index is 0.0728. The van der Waals surface area contributed by atoms with Gasteiger partial charge < -0.3 is 19.1 Å². The highest BCUT2D eigenvalue weighted by Crippen LogP contribution is 2.54. The monoisotopic (exact) mass is 365 g/mol. The molecule has 0 aromatic rings. The van der Waals surface area contributed by atoms with Crippen LogP contribution < -0.4 is 0 Å². The van der Waals surface area contributed by atoms with Crippen LogP contribution in [0.15, 0.2) is 0 Å². The van der Waals surface area contributed by atoms with Crippen LogP contribution in [0.3, 0.4) is 0 Å². The summed E-state index contributed by atoms with van der Waals surface area (Å²) in [5.74, 6) is 2.43. The van der Waals surface area contributed by atoms with Gasteiger partial charge in [-0.3, -0.25) is 4.79 Å². The second kappa shape index (κ2) is 7.06. The smallest absolute Gasteiger partial charge is 0.219 e. The average molecular weight is 366 g/mol. The lowest BCUT2D eigenvalue weighted by Crippen LogP contribution is -2.49. The van der Waals surface area contributed by atoms with E-state index in [1.807, 2.05) is 0 Å². The van der Waals surface area contributed by atoms with Crippen molar-refractivity contribution in [2.24, 2.45) is 23.7 Å². The van der Waals surface area contributed by atoms with E-state index in [2.05, 4.69) is 18.7 Å². The molecule has 0 spiro atoms. The summed E-state index contributed by atoms with van der Waals surface area (Å²) >= 11 is 0. The molecule has 0 radical (unpaired) electrons. The van der Waals surface area contributed by atoms with Gasteiger partial charge >= 0.3 is 0 Å². The first-order valence-corrected chi connectivity index (χ1v) is 10.5. The van der Waals surface area contributed by atoms with Crippen molar-refractivity contribution in [2.75, 3.05) is 14.2 Å². The molecule has 0 bridgehead atoms. The number of nitrogens with zero attached hydrogens (tertiary/aromatic N) is 1. The molecule has 5 heteroatoms. The Bertz CT molecular complexity index is 540. The third kappa shape index (κ3) is 2.82. The Morgan fingerprint density at radius 2 is 1.65 bits per heavy atom. The summed E-state index contributed by atoms with van der Waals surface area (Å²) in [6, 6.07) is 0.589. The van der Waals surface area contributed by atoms with E-state index in [9.17, 15) is 4.79 Å². The first-order valence-electron chi connectivity index (χ1n) is 10.5. The molecule has 148 valence electrons. The van der Waals surface area contributed by atoms with Gasteiger partial charge in [-0.15, -0.1) is 0 Å². The topological polar surface area (TPSA) is 48.0 Å². The van der Waals surface area contributed by atoms with Crippen LogP contribution in [0.1, 0.15) is 52.9 Å². The summed E-state index contributed by atoms with van der Waals surface area (Å²) in [5, 5.41) is 0. The zero-order valence-corrected chi connectivity index (χ0v) is 16.9. The predicted molar refractivity (Wildman–Crippen MR) is 98.7 cm³/mol. The number of fused-ring (bicyclic) bond motifs is 5. The molecule has 2 saturated heterocycles. The number of carbonyl (C=O) groups excluding carboxylic acids is 1. The summed E-state index contributed by atoms with van der Waals surface area (Å²) < 4.78 is 18.0. The molecule has 0 aromatic heterocycles. The second-order valence-corrected chi connectivity index (χ2v) is 9.19. The second-order valence-electron chi connectivity index (χ2n) is 9.19. The van der Waals surface area contributed by atoms with Crippen molar-refractivity contribution < 1.29 is 19.0 Å². The van der Waals surface area contributed by atoms with Gasteiger partial charge in [-0.05, 0) is 56.8 Å². The first-order chi connectivity index (χ1) is 12.5. The molecule has 4 aliphatic rings. The molecule has 0 N–H and O–H groups in total. The summed E-state index contributed by atoms with van der Waals surface area (Å²) in [6.07, 6.45) is 6.15. The lowest BCUT2D eigenvalue weighted by molar-refractivity contribution is -0.136. The fraction of sp³-hybridized carbons (Fsp3) is 0.952. The molecular weight excluding hydrogens is 330 g/mol. The number of hydrogen-bond donors (Lipinski definition) is 0. The number of likely N-dealkylation sites (tertiary alicyclic amines) is 1. The van der Waals surface area contributed by atoms with E-state index < -0.39 is 0 Å². The van der Waals surface area contributed by atoms with Crippen molar-refractivity contribution in [1.29, 1.82) is 0 Å². The maximum Gasteiger partial charge on any atom is 0.219 e. The van der Waals surface area contributed by atoms with Crippen molar-refractivity contribution in [1.82, 2.24) is 4.90 Å². The highest BCUT2D eigenvalue weighted by atomic mass is 16.5. The Morgan fingerprint density at radius 1 is 0.962 bits per heavy atom. The van der Waals surface area contributed by atoms with E-state index >= 15 is 0 Å². The summed E-state index contributed by atoms with van der Waals surface area (Å²) in [4.78, 5) is 14.9. The lowest BCUT2D eigenvalue weighted by Gasteiger charge is -2.41. The van der Waals surface area contributed by atoms with E-state index in [-0.39, 0.29) is 24.2 Å². The van der Waals surface area contributed by atoms with Crippen LogP contribution in [-0.2, 0) is 19.0 Å². The van der Waals surface area contributed by atoms with Crippen molar-refractivity contribution in [2.45, 2.75) is 89.4 Å². The Balaban J connectivity index is 1.70. The third-order valence-corrected chi connectivity index (χ3v) is 7.95. The standard InChI is InChI=1S/C21H35NO4/c1-11-6-7-16-20(21-14(11)8-12(2)26-21)15-9-18(24-4)19(25-5)10-17(15)22(16)13(3)23/h11-12,14-21H,6-10H2,1-5H3. The molecular formula is C21H35NO4. The van der Waals surface area contributed by atoms with Crippen molar-refractivity contribution in [3.8, 4) is 0 Å². The van der Waals surface area contributed by atoms with Crippen LogP contribution in [0, 0.1) is 23.7 Å². The van der Waals surface area contributed by atoms with Crippen LogP contribution >= 0.6 is 0 Å². The first kappa shape index (κ1) is 18.7. The highest BCUT2D eigenvalue weighted by Gasteiger charge is 2.60. The Labute approximate surface area is 157 Å². The van der Waals surface area contributed by atoms with E-state index in [1.165, 1.54) is 12.8 Å². The fourth-order valence-electron chi connectivity index (χ4n) is 6.87. The number of ether oxygens (including phenoxy) is 3. The SMILES string of the molecule is COC1CC2C3C4OC(C)CC4C(C)CCC3N(C(C)=O)C2CC1OC. The van der Waals surface area contributed by atoms with E-state index in [0.717, 1.165) is 19.3 Å². The Hall–Kier alpha value is -0.650. The molecule has 5 nitrogen and oxygen atoms in total. The Morgan fingerprint density at radius 3 is 2.31 bits per heavy atom. The molecule has 4 fully saturated rings. The van der Waals surface area contributed by atoms with Gasteiger partial charge in [0.1, 0.15) is 0 Å². The number of methoxy groups -OCH3 is 2. The maximum atomic E-state index is 12.7. The van der Waals surface area contributed by atoms with Crippen LogP contribution in [-0.4, -0.2) is 61.5 Å². The largest absolute Gasteiger partial charge is 0.379 e. The van der Waals surface area contributed by atoms with Crippen LogP contribution in [0.25, 0.3) is 0 Å². The van der Waals surface area contributed by atoms with Crippen LogP contribution in [0.5, 0.6) is 0 Å². The van der Waals surface area contributed by atoms with Crippen LogP contribution in [0.4, 0.5) is 0 Å². The average Bonchev–Trinajstić information content (AvgIpc) is 3.11. The highest BCUT2D eigenvalue weighted by molar-refractivity contribution is 5.74. The number of rotatable bonds is 2. The van der Waals surface area contributed by atoms with Gasteiger partial charge in [-0.2, -0.15) is 0 Å². The molecule has 2 saturated carbocycles. The van der Waals surface area contributed by atoms with Gasteiger partial charge in [0.25, 0.3) is 0 Å². The van der Waals surface area contributed by atoms with Gasteiger partial charge in [0.05, 0.1) is 24.4 Å². The molecule has 0 aromatic carbocycles. The minimum absolute atomic E-state index is 0.0728. The summed E-state index contributed by atoms with van der Waals surface area (Å²) in [7, 11) is 3.56. The minimum Gasteiger partial charge on any atom is -0.379 e. The summed E-state index contributed by atoms with van der Waals surface area (Å²) in [6.45, 7) is 6.34.